The van der Waals surface area contributed by atoms with E-state index < -0.39 is 23.5 Å². The molecule has 0 aromatic heterocycles. The van der Waals surface area contributed by atoms with Crippen LogP contribution in [0.1, 0.15) is 19.3 Å². The van der Waals surface area contributed by atoms with Gasteiger partial charge in [0, 0.05) is 6.54 Å². The summed E-state index contributed by atoms with van der Waals surface area (Å²) in [7, 11) is 0. The molecular weight excluding hydrogens is 188 g/mol. The fourth-order valence-electron chi connectivity index (χ4n) is 1.29. The Bertz CT molecular complexity index is 250. The van der Waals surface area contributed by atoms with Crippen molar-refractivity contribution in [2.45, 2.75) is 30.8 Å². The van der Waals surface area contributed by atoms with Gasteiger partial charge in [0.05, 0.1) is 0 Å². The number of nitrogens with one attached hydrogen (secondary N) is 1. The molecule has 1 rings (SSSR count). The second kappa shape index (κ2) is 3.93. The number of carboxylic acids is 2. The Kier molecular flexibility index (Phi) is 3.07. The van der Waals surface area contributed by atoms with Gasteiger partial charge in [-0.15, -0.1) is 0 Å². The van der Waals surface area contributed by atoms with E-state index in [1.54, 1.807) is 0 Å². The van der Waals surface area contributed by atoms with E-state index in [0.717, 1.165) is 0 Å². The minimum atomic E-state index is -1.04. The van der Waals surface area contributed by atoms with Crippen LogP contribution in [-0.4, -0.2) is 40.3 Å². The summed E-state index contributed by atoms with van der Waals surface area (Å²) in [5.74, 6) is -1.92. The fraction of sp³-hybridized carbons (Fsp3) is 0.750. The molecule has 5 N–H and O–H groups in total. The third-order valence-electron chi connectivity index (χ3n) is 2.45. The molecule has 0 amide bonds. The van der Waals surface area contributed by atoms with Crippen molar-refractivity contribution < 1.29 is 19.8 Å². The average Bonchev–Trinajstić information content (AvgIpc) is 2.85. The number of aliphatic carboxylic acids is 2. The summed E-state index contributed by atoms with van der Waals surface area (Å²) in [6, 6.07) is -0.889. The maximum absolute atomic E-state index is 10.7. The molecule has 0 aliphatic carbocycles. The molecule has 0 aromatic carbocycles. The lowest BCUT2D eigenvalue weighted by molar-refractivity contribution is -0.140. The van der Waals surface area contributed by atoms with Crippen molar-refractivity contribution in [2.75, 3.05) is 6.54 Å². The maximum atomic E-state index is 10.7. The molecule has 1 aliphatic rings. The van der Waals surface area contributed by atoms with E-state index in [1.807, 2.05) is 0 Å². The van der Waals surface area contributed by atoms with Crippen LogP contribution in [0.4, 0.5) is 0 Å². The summed E-state index contributed by atoms with van der Waals surface area (Å²) in [6.07, 6.45) is 1.25. The third-order valence-corrected chi connectivity index (χ3v) is 2.45. The molecule has 1 saturated heterocycles. The van der Waals surface area contributed by atoms with Crippen molar-refractivity contribution in [1.29, 1.82) is 0 Å². The van der Waals surface area contributed by atoms with Gasteiger partial charge in [0.1, 0.15) is 11.6 Å². The summed E-state index contributed by atoms with van der Waals surface area (Å²) in [5.41, 5.74) is 4.47. The molecule has 0 unspecified atom stereocenters. The highest BCUT2D eigenvalue weighted by atomic mass is 16.4. The van der Waals surface area contributed by atoms with Crippen molar-refractivity contribution in [2.24, 2.45) is 5.73 Å². The summed E-state index contributed by atoms with van der Waals surface area (Å²) < 4.78 is 0. The smallest absolute Gasteiger partial charge is 0.325 e. The van der Waals surface area contributed by atoms with Crippen molar-refractivity contribution in [3.05, 3.63) is 0 Å². The average molecular weight is 202 g/mol. The fourth-order valence-corrected chi connectivity index (χ4v) is 1.29. The van der Waals surface area contributed by atoms with Gasteiger partial charge in [0.25, 0.3) is 0 Å². The highest BCUT2D eigenvalue weighted by Gasteiger charge is 2.49. The molecule has 1 aliphatic heterocycles. The molecule has 1 heterocycles. The van der Waals surface area contributed by atoms with Gasteiger partial charge in [-0.05, 0) is 19.3 Å². The van der Waals surface area contributed by atoms with Gasteiger partial charge >= 0.3 is 11.9 Å². The predicted molar refractivity (Wildman–Crippen MR) is 47.8 cm³/mol. The Labute approximate surface area is 81.1 Å². The van der Waals surface area contributed by atoms with Crippen LogP contribution in [0.25, 0.3) is 0 Å². The lowest BCUT2D eigenvalue weighted by Crippen LogP contribution is -2.32. The van der Waals surface area contributed by atoms with Gasteiger partial charge in [0.2, 0.25) is 0 Å². The minimum Gasteiger partial charge on any atom is -0.480 e. The molecule has 0 spiro atoms. The summed E-state index contributed by atoms with van der Waals surface area (Å²) in [6.45, 7) is 0.463. The van der Waals surface area contributed by atoms with Crippen LogP contribution in [0.15, 0.2) is 0 Å². The normalized spacial score (nSPS) is 26.9. The first kappa shape index (κ1) is 10.9. The van der Waals surface area contributed by atoms with Gasteiger partial charge in [-0.3, -0.25) is 14.9 Å². The molecule has 6 heteroatoms. The van der Waals surface area contributed by atoms with Crippen molar-refractivity contribution in [3.63, 3.8) is 0 Å². The van der Waals surface area contributed by atoms with Crippen molar-refractivity contribution >= 4 is 11.9 Å². The van der Waals surface area contributed by atoms with E-state index in [9.17, 15) is 9.59 Å². The quantitative estimate of drug-likeness (QED) is 0.409. The zero-order valence-corrected chi connectivity index (χ0v) is 7.69. The third kappa shape index (κ3) is 2.43. The van der Waals surface area contributed by atoms with Crippen LogP contribution in [0.2, 0.25) is 0 Å². The molecule has 1 fully saturated rings. The van der Waals surface area contributed by atoms with E-state index in [2.05, 4.69) is 5.32 Å². The molecule has 6 nitrogen and oxygen atoms in total. The van der Waals surface area contributed by atoms with Crippen LogP contribution >= 0.6 is 0 Å². The molecule has 80 valence electrons. The lowest BCUT2D eigenvalue weighted by atomic mass is 10.0. The standard InChI is InChI=1S/C8H14N2O4/c9-5(6(11)12)2-1-3-8(4-10-8)7(13)14/h5,10H,1-4,9H2,(H,11,12)(H,13,14)/t5-,8+/m0/s1. The Morgan fingerprint density at radius 2 is 2.07 bits per heavy atom. The predicted octanol–water partition coefficient (Wildman–Crippen LogP) is -1.00. The highest BCUT2D eigenvalue weighted by molar-refractivity contribution is 5.82. The van der Waals surface area contributed by atoms with Crippen LogP contribution in [0.5, 0.6) is 0 Å². The number of carboxylic acid groups (broad SMARTS) is 2. The maximum Gasteiger partial charge on any atom is 0.325 e. The second-order valence-electron chi connectivity index (χ2n) is 3.58. The lowest BCUT2D eigenvalue weighted by Gasteiger charge is -2.09. The summed E-state index contributed by atoms with van der Waals surface area (Å²) >= 11 is 0. The second-order valence-corrected chi connectivity index (χ2v) is 3.58. The van der Waals surface area contributed by atoms with Crippen LogP contribution in [0.3, 0.4) is 0 Å². The van der Waals surface area contributed by atoms with E-state index in [1.165, 1.54) is 0 Å². The Morgan fingerprint density at radius 3 is 2.43 bits per heavy atom. The highest BCUT2D eigenvalue weighted by Crippen LogP contribution is 2.24. The Hall–Kier alpha value is -1.14. The summed E-state index contributed by atoms with van der Waals surface area (Å²) in [4.78, 5) is 21.0. The monoisotopic (exact) mass is 202 g/mol. The largest absolute Gasteiger partial charge is 0.480 e. The minimum absolute atomic E-state index is 0.312. The van der Waals surface area contributed by atoms with E-state index >= 15 is 0 Å². The number of carbonyl (C=O) groups is 2. The SMILES string of the molecule is N[C@@H](CCC[C@]1(C(=O)O)CN1)C(=O)O. The van der Waals surface area contributed by atoms with Crippen LogP contribution in [-0.2, 0) is 9.59 Å². The van der Waals surface area contributed by atoms with E-state index in [0.29, 0.717) is 25.8 Å². The molecule has 0 aromatic rings. The first-order valence-electron chi connectivity index (χ1n) is 4.45. The summed E-state index contributed by atoms with van der Waals surface area (Å²) in [5, 5.41) is 20.0. The van der Waals surface area contributed by atoms with Gasteiger partial charge in [0.15, 0.2) is 0 Å². The van der Waals surface area contributed by atoms with Gasteiger partial charge in [-0.1, -0.05) is 0 Å². The molecule has 0 radical (unpaired) electrons. The van der Waals surface area contributed by atoms with Gasteiger partial charge in [-0.25, -0.2) is 0 Å². The Morgan fingerprint density at radius 1 is 1.50 bits per heavy atom. The number of rotatable bonds is 6. The van der Waals surface area contributed by atoms with Crippen molar-refractivity contribution in [3.8, 4) is 0 Å². The van der Waals surface area contributed by atoms with E-state index in [4.69, 9.17) is 15.9 Å². The molecular formula is C8H14N2O4. The Balaban J connectivity index is 2.22. The topological polar surface area (TPSA) is 123 Å². The van der Waals surface area contributed by atoms with Crippen LogP contribution < -0.4 is 11.1 Å². The zero-order chi connectivity index (χ0) is 10.8. The first-order valence-corrected chi connectivity index (χ1v) is 4.45. The van der Waals surface area contributed by atoms with Gasteiger partial charge < -0.3 is 15.9 Å². The molecule has 0 bridgehead atoms. The first-order chi connectivity index (χ1) is 6.48. The number of hydrogen-bond acceptors (Lipinski definition) is 4. The number of nitrogens with two attached hydrogens (primary N) is 1. The van der Waals surface area contributed by atoms with E-state index in [-0.39, 0.29) is 0 Å². The zero-order valence-electron chi connectivity index (χ0n) is 7.69. The van der Waals surface area contributed by atoms with Crippen LogP contribution in [0, 0.1) is 0 Å². The molecule has 0 saturated carbocycles. The van der Waals surface area contributed by atoms with Gasteiger partial charge in [-0.2, -0.15) is 0 Å². The molecule has 2 atom stereocenters. The number of hydrogen-bond donors (Lipinski definition) is 4. The van der Waals surface area contributed by atoms with Crippen molar-refractivity contribution in [1.82, 2.24) is 5.32 Å². The molecule has 14 heavy (non-hydrogen) atoms.